The average molecular weight is 562 g/mol. The minimum Gasteiger partial charge on any atom is -0.468 e. The van der Waals surface area contributed by atoms with Crippen molar-refractivity contribution in [2.75, 3.05) is 7.11 Å². The van der Waals surface area contributed by atoms with Gasteiger partial charge in [-0.15, -0.1) is 0 Å². The first-order chi connectivity index (χ1) is 18.0. The zero-order chi connectivity index (χ0) is 29.1. The van der Waals surface area contributed by atoms with Crippen LogP contribution in [0.15, 0.2) is 23.0 Å². The third kappa shape index (κ3) is 2.84. The molecule has 0 aromatic carbocycles. The van der Waals surface area contributed by atoms with Gasteiger partial charge in [-0.3, -0.25) is 24.0 Å². The molecule has 9 heteroatoms. The molecule has 0 N–H and O–H groups in total. The van der Waals surface area contributed by atoms with Crippen molar-refractivity contribution in [1.82, 2.24) is 0 Å². The largest absolute Gasteiger partial charge is 0.468 e. The number of Topliss-reactive ketones (excluding diaryl/α,β-unsaturated/α-hetero) is 1. The smallest absolute Gasteiger partial charge is 0.321 e. The van der Waals surface area contributed by atoms with Crippen molar-refractivity contribution < 1.29 is 42.9 Å². The number of ether oxygens (including phenoxy) is 4. The lowest BCUT2D eigenvalue weighted by Gasteiger charge is -2.66. The zero-order valence-electron chi connectivity index (χ0n) is 24.2. The van der Waals surface area contributed by atoms with Crippen molar-refractivity contribution in [3.63, 3.8) is 0 Å². The lowest BCUT2D eigenvalue weighted by Crippen LogP contribution is -2.71. The summed E-state index contributed by atoms with van der Waals surface area (Å²) in [6.07, 6.45) is 2.02. The van der Waals surface area contributed by atoms with Gasteiger partial charge in [-0.2, -0.15) is 0 Å². The Morgan fingerprint density at radius 2 is 1.67 bits per heavy atom. The van der Waals surface area contributed by atoms with E-state index in [1.165, 1.54) is 21.0 Å². The van der Waals surface area contributed by atoms with Crippen LogP contribution in [-0.2, 0) is 42.9 Å². The normalized spacial score (nSPS) is 45.9. The molecule has 0 aromatic rings. The van der Waals surface area contributed by atoms with Crippen LogP contribution in [0.1, 0.15) is 74.7 Å². The Morgan fingerprint density at radius 3 is 2.23 bits per heavy atom. The summed E-state index contributed by atoms with van der Waals surface area (Å²) in [7, 11) is 1.25. The summed E-state index contributed by atoms with van der Waals surface area (Å²) < 4.78 is 23.0. The predicted molar refractivity (Wildman–Crippen MR) is 136 cm³/mol. The van der Waals surface area contributed by atoms with Crippen molar-refractivity contribution in [2.24, 2.45) is 38.9 Å². The first-order valence-corrected chi connectivity index (χ1v) is 13.6. The van der Waals surface area contributed by atoms with E-state index in [2.05, 4.69) is 0 Å². The van der Waals surface area contributed by atoms with E-state index in [1.54, 1.807) is 13.8 Å². The average Bonchev–Trinajstić information content (AvgIpc) is 3.17. The molecule has 9 nitrogen and oxygen atoms in total. The van der Waals surface area contributed by atoms with Gasteiger partial charge >= 0.3 is 23.9 Å². The molecule has 2 saturated carbocycles. The van der Waals surface area contributed by atoms with E-state index in [-0.39, 0.29) is 35.6 Å². The highest BCUT2D eigenvalue weighted by Crippen LogP contribution is 2.79. The lowest BCUT2D eigenvalue weighted by molar-refractivity contribution is -0.217. The molecule has 0 aromatic heterocycles. The van der Waals surface area contributed by atoms with Gasteiger partial charge in [0.25, 0.3) is 0 Å². The van der Waals surface area contributed by atoms with E-state index in [1.807, 2.05) is 33.8 Å². The number of ketones is 1. The topological polar surface area (TPSA) is 122 Å². The van der Waals surface area contributed by atoms with E-state index in [4.69, 9.17) is 18.9 Å². The van der Waals surface area contributed by atoms with E-state index < -0.39 is 62.9 Å². The Labute approximate surface area is 228 Å². The Balaban J connectivity index is 1.79. The molecule has 0 spiro atoms. The second-order valence-electron chi connectivity index (χ2n) is 13.1. The molecule has 1 aliphatic heterocycles. The molecule has 5 rings (SSSR count). The molecule has 5 aliphatic rings. The number of hydrogen-bond acceptors (Lipinski definition) is 9. The fourth-order valence-corrected chi connectivity index (χ4v) is 9.88. The lowest BCUT2D eigenvalue weighted by atomic mass is 10.1. The molecule has 0 amide bonds. The van der Waals surface area contributed by atoms with E-state index in [0.717, 1.165) is 0 Å². The van der Waals surface area contributed by atoms with Crippen LogP contribution in [0.5, 0.6) is 0 Å². The van der Waals surface area contributed by atoms with Gasteiger partial charge in [0, 0.05) is 42.1 Å². The molecular weight excluding hydrogens is 524 g/mol. The van der Waals surface area contributed by atoms with Crippen LogP contribution in [0.4, 0.5) is 0 Å². The van der Waals surface area contributed by atoms with Crippen LogP contribution < -0.4 is 0 Å². The molecule has 9 atom stereocenters. The Hall–Kier alpha value is -2.97. The van der Waals surface area contributed by atoms with Gasteiger partial charge in [-0.25, -0.2) is 0 Å². The monoisotopic (exact) mass is 562 g/mol. The molecule has 4 aliphatic carbocycles. The summed E-state index contributed by atoms with van der Waals surface area (Å²) >= 11 is 0. The maximum absolute atomic E-state index is 14.5. The van der Waals surface area contributed by atoms with Crippen LogP contribution in [0.3, 0.4) is 0 Å². The summed E-state index contributed by atoms with van der Waals surface area (Å²) in [5, 5.41) is 0. The summed E-state index contributed by atoms with van der Waals surface area (Å²) in [5.74, 6) is -3.21. The van der Waals surface area contributed by atoms with Gasteiger partial charge in [0.05, 0.1) is 17.9 Å². The van der Waals surface area contributed by atoms with Crippen LogP contribution in [0, 0.1) is 38.9 Å². The highest BCUT2D eigenvalue weighted by atomic mass is 16.7. The van der Waals surface area contributed by atoms with Gasteiger partial charge < -0.3 is 18.9 Å². The molecule has 0 radical (unpaired) electrons. The number of carbonyl (C=O) groups is 5. The maximum atomic E-state index is 14.5. The number of esters is 4. The molecule has 1 saturated heterocycles. The van der Waals surface area contributed by atoms with Crippen molar-refractivity contribution in [2.45, 2.75) is 86.9 Å². The number of allylic oxidation sites excluding steroid dienone is 3. The van der Waals surface area contributed by atoms with E-state index in [0.29, 0.717) is 18.4 Å². The van der Waals surface area contributed by atoms with Gasteiger partial charge in [-0.05, 0) is 40.0 Å². The minimum atomic E-state index is -1.78. The number of carbonyl (C=O) groups excluding carboxylic acids is 5. The highest BCUT2D eigenvalue weighted by molar-refractivity contribution is 6.17. The van der Waals surface area contributed by atoms with E-state index in [9.17, 15) is 24.0 Å². The predicted octanol–water partition coefficient (Wildman–Crippen LogP) is 3.84. The molecule has 212 valence electrons. The van der Waals surface area contributed by atoms with Gasteiger partial charge in [-0.1, -0.05) is 32.4 Å². The Bertz CT molecular complexity index is 1290. The second kappa shape index (κ2) is 8.04. The number of rotatable bonds is 3. The number of methoxy groups -OCH3 is 1. The number of fused-ring (bicyclic) bond motifs is 3. The Morgan fingerprint density at radius 1 is 1.03 bits per heavy atom. The molecule has 39 heavy (non-hydrogen) atoms. The van der Waals surface area contributed by atoms with Crippen molar-refractivity contribution in [1.29, 1.82) is 0 Å². The maximum Gasteiger partial charge on any atom is 0.321 e. The quantitative estimate of drug-likeness (QED) is 0.166. The highest BCUT2D eigenvalue weighted by Gasteiger charge is 2.85. The summed E-state index contributed by atoms with van der Waals surface area (Å²) in [5.41, 5.74) is -5.01. The fraction of sp³-hybridized carbons (Fsp3) is 0.700. The molecular formula is C30H38O9. The first-order valence-electron chi connectivity index (χ1n) is 13.6. The first kappa shape index (κ1) is 27.6. The minimum absolute atomic E-state index is 0.150. The Kier molecular flexibility index (Phi) is 5.69. The van der Waals surface area contributed by atoms with Crippen molar-refractivity contribution in [3.05, 3.63) is 23.0 Å². The van der Waals surface area contributed by atoms with Crippen LogP contribution >= 0.6 is 0 Å². The van der Waals surface area contributed by atoms with Crippen LogP contribution in [0.25, 0.3) is 0 Å². The van der Waals surface area contributed by atoms with Crippen LogP contribution in [-0.4, -0.2) is 49.0 Å². The standard InChI is InChI=1S/C30H38O9/c1-14-12-19-27(7,30(25(35)36-9)22(33)15(2)23(28(14,30)8)38-17(4)32)13-18-21-26(5,6)20(37-16(3)31)10-11-29(19,21)24(34)39-18/h12,18-21H,10-11,13H2,1-9H3/t18-,19+,20-,21?,27-,28-,29+,30+/m1/s1/i3+1,5+1,7+1,8+1,10+1,12+1,15+1,16+1,18+1,19+1,20+1,21+1,22+1,24+1,25+1,26+1,27+1,28+1,29+1,30+1/t18-,19+,20-,21?,26?,27-,28-,29+,30+. The second-order valence-corrected chi connectivity index (χ2v) is 13.1. The third-order valence-electron chi connectivity index (χ3n) is 11.2. The third-order valence-corrected chi connectivity index (χ3v) is 11.2. The summed E-state index contributed by atoms with van der Waals surface area (Å²) in [6.45, 7) is 13.7. The molecule has 3 fully saturated rings. The SMILES string of the molecule is CO[13C](=O)[13C@]12[13C](=O)[13C](C)=C(OC(C)=O)[13C@@]1([13CH3])C(C)=[13CH][13C@@H]1[13C@@]34C[13CH2][13C@@H](O[13C]([13CH3])=O)[13C](C)([13CH3])[13CH]3[13C@@H](C[13C@]12[13CH3])O[13C]4=O. The van der Waals surface area contributed by atoms with E-state index >= 15 is 0 Å². The van der Waals surface area contributed by atoms with Crippen molar-refractivity contribution >= 4 is 29.7 Å². The summed E-state index contributed by atoms with van der Waals surface area (Å²) in [4.78, 5) is 66.7. The van der Waals surface area contributed by atoms with Gasteiger partial charge in [0.15, 0.2) is 11.2 Å². The van der Waals surface area contributed by atoms with Gasteiger partial charge in [0.2, 0.25) is 0 Å². The van der Waals surface area contributed by atoms with Crippen LogP contribution in [0.2, 0.25) is 0 Å². The zero-order valence-corrected chi connectivity index (χ0v) is 24.2. The molecule has 1 heterocycles. The summed E-state index contributed by atoms with van der Waals surface area (Å²) in [6, 6.07) is 0. The molecule has 2 unspecified atom stereocenters. The fourth-order valence-electron chi connectivity index (χ4n) is 9.88. The molecule has 2 bridgehead atoms. The number of hydrogen-bond donors (Lipinski definition) is 0. The van der Waals surface area contributed by atoms with Crippen molar-refractivity contribution in [3.8, 4) is 0 Å². The van der Waals surface area contributed by atoms with Gasteiger partial charge in [0.1, 0.15) is 18.0 Å².